The van der Waals surface area contributed by atoms with Crippen LogP contribution in [0.25, 0.3) is 0 Å². The minimum Gasteiger partial charge on any atom is -0.467 e. The van der Waals surface area contributed by atoms with Gasteiger partial charge in [-0.1, -0.05) is 6.07 Å². The highest BCUT2D eigenvalue weighted by Gasteiger charge is 2.16. The van der Waals surface area contributed by atoms with E-state index in [9.17, 15) is 4.39 Å². The molecule has 1 heterocycles. The Bertz CT molecular complexity index is 533. The maximum absolute atomic E-state index is 13.1. The van der Waals surface area contributed by atoms with Crippen LogP contribution in [0.3, 0.4) is 0 Å². The predicted molar refractivity (Wildman–Crippen MR) is 70.1 cm³/mol. The fourth-order valence-corrected chi connectivity index (χ4v) is 2.18. The zero-order valence-corrected chi connectivity index (χ0v) is 11.0. The van der Waals surface area contributed by atoms with E-state index in [-0.39, 0.29) is 11.9 Å². The molecule has 2 aromatic rings. The molecule has 1 N–H and O–H groups in total. The molecular formula is C15H18FNO. The van der Waals surface area contributed by atoms with E-state index in [2.05, 4.69) is 5.32 Å². The monoisotopic (exact) mass is 247 g/mol. The Balaban J connectivity index is 2.23. The van der Waals surface area contributed by atoms with Crippen LogP contribution in [-0.2, 0) is 6.42 Å². The minimum atomic E-state index is -0.188. The number of benzene rings is 1. The summed E-state index contributed by atoms with van der Waals surface area (Å²) in [6.45, 7) is 3.96. The van der Waals surface area contributed by atoms with Crippen LogP contribution in [-0.4, -0.2) is 7.05 Å². The Hall–Kier alpha value is -1.61. The summed E-state index contributed by atoms with van der Waals surface area (Å²) in [6.07, 6.45) is 2.49. The van der Waals surface area contributed by atoms with Crippen LogP contribution in [0, 0.1) is 19.7 Å². The first kappa shape index (κ1) is 12.8. The lowest BCUT2D eigenvalue weighted by atomic mass is 9.98. The van der Waals surface area contributed by atoms with Crippen molar-refractivity contribution < 1.29 is 8.81 Å². The predicted octanol–water partition coefficient (Wildman–Crippen LogP) is 3.54. The van der Waals surface area contributed by atoms with Crippen molar-refractivity contribution in [2.75, 3.05) is 7.05 Å². The van der Waals surface area contributed by atoms with Gasteiger partial charge in [0.1, 0.15) is 11.6 Å². The first-order valence-corrected chi connectivity index (χ1v) is 6.08. The Morgan fingerprint density at radius 3 is 2.56 bits per heavy atom. The van der Waals surface area contributed by atoms with Crippen LogP contribution in [0.2, 0.25) is 0 Å². The molecule has 0 aliphatic heterocycles. The first-order valence-electron chi connectivity index (χ1n) is 6.08. The fourth-order valence-electron chi connectivity index (χ4n) is 2.18. The normalized spacial score (nSPS) is 12.7. The third-order valence-corrected chi connectivity index (χ3v) is 3.30. The Kier molecular flexibility index (Phi) is 3.82. The molecule has 0 aliphatic rings. The molecule has 2 rings (SSSR count). The molecule has 0 aliphatic carbocycles. The highest BCUT2D eigenvalue weighted by molar-refractivity contribution is 5.29. The molecule has 0 radical (unpaired) electrons. The molecule has 0 fully saturated rings. The van der Waals surface area contributed by atoms with Crippen LogP contribution in [0.4, 0.5) is 4.39 Å². The molecule has 1 aromatic carbocycles. The fraction of sp³-hybridized carbons (Fsp3) is 0.333. The SMILES string of the molecule is CNC(Cc1ccc(F)cc1C)c1occc1C. The summed E-state index contributed by atoms with van der Waals surface area (Å²) in [5.41, 5.74) is 3.24. The summed E-state index contributed by atoms with van der Waals surface area (Å²) in [5, 5.41) is 3.25. The average Bonchev–Trinajstić information content (AvgIpc) is 2.75. The number of rotatable bonds is 4. The third-order valence-electron chi connectivity index (χ3n) is 3.30. The quantitative estimate of drug-likeness (QED) is 0.894. The highest BCUT2D eigenvalue weighted by Crippen LogP contribution is 2.24. The summed E-state index contributed by atoms with van der Waals surface area (Å²) in [7, 11) is 1.91. The van der Waals surface area contributed by atoms with Gasteiger partial charge >= 0.3 is 0 Å². The molecule has 0 saturated heterocycles. The minimum absolute atomic E-state index is 0.115. The van der Waals surface area contributed by atoms with Gasteiger partial charge in [-0.15, -0.1) is 0 Å². The van der Waals surface area contributed by atoms with Gasteiger partial charge in [0.25, 0.3) is 0 Å². The average molecular weight is 247 g/mol. The van der Waals surface area contributed by atoms with Gasteiger partial charge < -0.3 is 9.73 Å². The largest absolute Gasteiger partial charge is 0.467 e. The van der Waals surface area contributed by atoms with E-state index in [1.165, 1.54) is 6.07 Å². The maximum atomic E-state index is 13.1. The Morgan fingerprint density at radius 2 is 2.00 bits per heavy atom. The number of hydrogen-bond donors (Lipinski definition) is 1. The number of likely N-dealkylation sites (N-methyl/N-ethyl adjacent to an activating group) is 1. The molecule has 1 atom stereocenters. The van der Waals surface area contributed by atoms with E-state index in [1.54, 1.807) is 12.3 Å². The molecular weight excluding hydrogens is 229 g/mol. The summed E-state index contributed by atoms with van der Waals surface area (Å²) in [5.74, 6) is 0.757. The van der Waals surface area contributed by atoms with Crippen LogP contribution < -0.4 is 5.32 Å². The molecule has 18 heavy (non-hydrogen) atoms. The highest BCUT2D eigenvalue weighted by atomic mass is 19.1. The maximum Gasteiger partial charge on any atom is 0.123 e. The van der Waals surface area contributed by atoms with Crippen molar-refractivity contribution in [3.8, 4) is 0 Å². The van der Waals surface area contributed by atoms with Gasteiger partial charge in [-0.25, -0.2) is 4.39 Å². The van der Waals surface area contributed by atoms with Crippen molar-refractivity contribution in [2.45, 2.75) is 26.3 Å². The lowest BCUT2D eigenvalue weighted by Gasteiger charge is -2.16. The van der Waals surface area contributed by atoms with Crippen LogP contribution in [0.1, 0.15) is 28.5 Å². The number of furan rings is 1. The lowest BCUT2D eigenvalue weighted by Crippen LogP contribution is -2.19. The van der Waals surface area contributed by atoms with E-state index in [4.69, 9.17) is 4.42 Å². The van der Waals surface area contributed by atoms with Gasteiger partial charge in [-0.05, 0) is 62.2 Å². The second-order valence-electron chi connectivity index (χ2n) is 4.58. The zero-order chi connectivity index (χ0) is 13.1. The molecule has 2 nitrogen and oxygen atoms in total. The van der Waals surface area contributed by atoms with Crippen LogP contribution in [0.5, 0.6) is 0 Å². The molecule has 3 heteroatoms. The first-order chi connectivity index (χ1) is 8.61. The summed E-state index contributed by atoms with van der Waals surface area (Å²) in [4.78, 5) is 0. The van der Waals surface area contributed by atoms with Crippen molar-refractivity contribution in [1.29, 1.82) is 0 Å². The van der Waals surface area contributed by atoms with Gasteiger partial charge in [-0.2, -0.15) is 0 Å². The van der Waals surface area contributed by atoms with Gasteiger partial charge in [0.2, 0.25) is 0 Å². The molecule has 0 spiro atoms. The van der Waals surface area contributed by atoms with Gasteiger partial charge in [-0.3, -0.25) is 0 Å². The van der Waals surface area contributed by atoms with E-state index < -0.39 is 0 Å². The summed E-state index contributed by atoms with van der Waals surface area (Å²) < 4.78 is 18.6. The topological polar surface area (TPSA) is 25.2 Å². The molecule has 0 bridgehead atoms. The van der Waals surface area contributed by atoms with E-state index in [1.807, 2.05) is 33.0 Å². The molecule has 96 valence electrons. The molecule has 0 amide bonds. The number of hydrogen-bond acceptors (Lipinski definition) is 2. The summed E-state index contributed by atoms with van der Waals surface area (Å²) in [6, 6.07) is 6.98. The van der Waals surface area contributed by atoms with E-state index in [0.717, 1.165) is 28.9 Å². The van der Waals surface area contributed by atoms with Gasteiger partial charge in [0.05, 0.1) is 12.3 Å². The smallest absolute Gasteiger partial charge is 0.123 e. The Labute approximate surface area is 107 Å². The standard InChI is InChI=1S/C15H18FNO/c1-10-6-7-18-15(10)14(17-3)9-12-4-5-13(16)8-11(12)2/h4-8,14,17H,9H2,1-3H3. The van der Waals surface area contributed by atoms with Crippen molar-refractivity contribution in [3.63, 3.8) is 0 Å². The summed E-state index contributed by atoms with van der Waals surface area (Å²) >= 11 is 0. The molecule has 0 saturated carbocycles. The van der Waals surface area contributed by atoms with Gasteiger partial charge in [0, 0.05) is 0 Å². The number of nitrogens with one attached hydrogen (secondary N) is 1. The zero-order valence-electron chi connectivity index (χ0n) is 11.0. The van der Waals surface area contributed by atoms with Crippen LogP contribution >= 0.6 is 0 Å². The van der Waals surface area contributed by atoms with E-state index >= 15 is 0 Å². The van der Waals surface area contributed by atoms with E-state index in [0.29, 0.717) is 0 Å². The van der Waals surface area contributed by atoms with Crippen LogP contribution in [0.15, 0.2) is 34.9 Å². The second-order valence-corrected chi connectivity index (χ2v) is 4.58. The van der Waals surface area contributed by atoms with Gasteiger partial charge in [0.15, 0.2) is 0 Å². The lowest BCUT2D eigenvalue weighted by molar-refractivity contribution is 0.426. The molecule has 1 aromatic heterocycles. The Morgan fingerprint density at radius 1 is 1.22 bits per heavy atom. The van der Waals surface area contributed by atoms with Crippen molar-refractivity contribution in [1.82, 2.24) is 5.32 Å². The second kappa shape index (κ2) is 5.36. The van der Waals surface area contributed by atoms with Crippen molar-refractivity contribution in [2.24, 2.45) is 0 Å². The molecule has 1 unspecified atom stereocenters. The number of aryl methyl sites for hydroxylation is 2. The third kappa shape index (κ3) is 2.62. The van der Waals surface area contributed by atoms with Crippen molar-refractivity contribution >= 4 is 0 Å². The number of halogens is 1. The van der Waals surface area contributed by atoms with Crippen molar-refractivity contribution in [3.05, 3.63) is 58.8 Å².